The van der Waals surface area contributed by atoms with E-state index in [4.69, 9.17) is 9.97 Å². The Balaban J connectivity index is 0.995. The summed E-state index contributed by atoms with van der Waals surface area (Å²) >= 11 is 0. The van der Waals surface area contributed by atoms with Crippen molar-refractivity contribution in [3.8, 4) is 50.5 Å². The second-order valence-corrected chi connectivity index (χ2v) is 15.0. The van der Waals surface area contributed by atoms with Crippen molar-refractivity contribution >= 4 is 49.9 Å². The van der Waals surface area contributed by atoms with Crippen LogP contribution in [0.15, 0.2) is 231 Å². The molecule has 0 fully saturated rings. The van der Waals surface area contributed by atoms with Crippen molar-refractivity contribution in [3.63, 3.8) is 0 Å². The summed E-state index contributed by atoms with van der Waals surface area (Å²) in [6, 6.07) is 81.3. The van der Waals surface area contributed by atoms with Gasteiger partial charge in [0, 0.05) is 50.2 Å². The highest BCUT2D eigenvalue weighted by molar-refractivity contribution is 6.09. The molecule has 0 bridgehead atoms. The summed E-state index contributed by atoms with van der Waals surface area (Å²) in [5, 5.41) is 2.51. The number of fused-ring (bicyclic) bond motifs is 4. The van der Waals surface area contributed by atoms with Gasteiger partial charge in [-0.25, -0.2) is 9.97 Å². The lowest BCUT2D eigenvalue weighted by Crippen LogP contribution is -2.10. The number of para-hydroxylation sites is 4. The van der Waals surface area contributed by atoms with Gasteiger partial charge in [-0.3, -0.25) is 0 Å². The van der Waals surface area contributed by atoms with E-state index < -0.39 is 0 Å². The number of benzene rings is 9. The second kappa shape index (κ2) is 15.0. The average molecular weight is 767 g/mol. The lowest BCUT2D eigenvalue weighted by atomic mass is 9.97. The topological polar surface area (TPSA) is 34.0 Å². The van der Waals surface area contributed by atoms with Crippen LogP contribution in [-0.4, -0.2) is 14.5 Å². The number of rotatable bonds is 8. The first-order chi connectivity index (χ1) is 29.8. The van der Waals surface area contributed by atoms with Gasteiger partial charge in [-0.2, -0.15) is 0 Å². The van der Waals surface area contributed by atoms with Crippen LogP contribution in [0.4, 0.5) is 17.1 Å². The molecule has 0 saturated heterocycles. The number of hydrogen-bond donors (Lipinski definition) is 0. The second-order valence-electron chi connectivity index (χ2n) is 15.0. The highest BCUT2D eigenvalue weighted by Crippen LogP contribution is 2.40. The summed E-state index contributed by atoms with van der Waals surface area (Å²) in [5.41, 5.74) is 16.7. The molecule has 4 nitrogen and oxygen atoms in total. The largest absolute Gasteiger partial charge is 0.311 e. The number of aromatic nitrogens is 3. The average Bonchev–Trinajstić information content (AvgIpc) is 3.67. The summed E-state index contributed by atoms with van der Waals surface area (Å²) in [4.78, 5) is 13.1. The van der Waals surface area contributed by atoms with Crippen LogP contribution in [0.25, 0.3) is 83.3 Å². The molecule has 11 rings (SSSR count). The van der Waals surface area contributed by atoms with Gasteiger partial charge in [0.15, 0.2) is 0 Å². The molecule has 0 unspecified atom stereocenters. The zero-order chi connectivity index (χ0) is 39.8. The molecule has 0 N–H and O–H groups in total. The van der Waals surface area contributed by atoms with Crippen LogP contribution in [-0.2, 0) is 0 Å². The van der Waals surface area contributed by atoms with E-state index in [-0.39, 0.29) is 0 Å². The predicted octanol–water partition coefficient (Wildman–Crippen LogP) is 14.9. The molecule has 0 aliphatic rings. The molecule has 11 aromatic rings. The van der Waals surface area contributed by atoms with Crippen molar-refractivity contribution in [2.45, 2.75) is 0 Å². The summed E-state index contributed by atoms with van der Waals surface area (Å²) in [6.07, 6.45) is 0. The molecule has 4 heteroatoms. The fraction of sp³-hybridized carbons (Fsp3) is 0. The molecule has 0 amide bonds. The Morgan fingerprint density at radius 2 is 0.817 bits per heavy atom. The summed E-state index contributed by atoms with van der Waals surface area (Å²) in [6.45, 7) is 0. The molecule has 9 aromatic carbocycles. The first-order valence-electron chi connectivity index (χ1n) is 20.3. The van der Waals surface area contributed by atoms with Gasteiger partial charge in [-0.15, -0.1) is 0 Å². The van der Waals surface area contributed by atoms with Gasteiger partial charge in [0.1, 0.15) is 0 Å². The number of anilines is 3. The lowest BCUT2D eigenvalue weighted by Gasteiger charge is -2.26. The smallest absolute Gasteiger partial charge is 0.0973 e. The Hall–Kier alpha value is -8.08. The third kappa shape index (κ3) is 6.28. The minimum atomic E-state index is 0.845. The molecular weight excluding hydrogens is 729 g/mol. The van der Waals surface area contributed by atoms with E-state index in [0.29, 0.717) is 0 Å². The third-order valence-corrected chi connectivity index (χ3v) is 11.4. The highest BCUT2D eigenvalue weighted by Gasteiger charge is 2.19. The van der Waals surface area contributed by atoms with E-state index in [1.807, 2.05) is 6.07 Å². The van der Waals surface area contributed by atoms with Crippen molar-refractivity contribution < 1.29 is 0 Å². The fourth-order valence-electron chi connectivity index (χ4n) is 8.55. The van der Waals surface area contributed by atoms with Gasteiger partial charge < -0.3 is 9.47 Å². The molecule has 0 aliphatic heterocycles. The van der Waals surface area contributed by atoms with Gasteiger partial charge in [0.05, 0.1) is 33.5 Å². The SMILES string of the molecule is c1ccc(-c2cccc(-c3cccc4nc(-c5ccc(N(c6ccccc6)c6ccc(-n7c8ccccc8c8ccccc87)cc6)cc5)c(-c5ccccc5)nc34)c2)cc1. The molecule has 2 aromatic heterocycles. The maximum Gasteiger partial charge on any atom is 0.0973 e. The summed E-state index contributed by atoms with van der Waals surface area (Å²) in [7, 11) is 0. The summed E-state index contributed by atoms with van der Waals surface area (Å²) in [5.74, 6) is 0. The molecule has 0 radical (unpaired) electrons. The molecule has 2 heterocycles. The molecule has 282 valence electrons. The van der Waals surface area contributed by atoms with Crippen molar-refractivity contribution in [2.75, 3.05) is 4.90 Å². The van der Waals surface area contributed by atoms with Gasteiger partial charge in [0.2, 0.25) is 0 Å². The first kappa shape index (κ1) is 35.1. The zero-order valence-corrected chi connectivity index (χ0v) is 32.7. The lowest BCUT2D eigenvalue weighted by molar-refractivity contribution is 1.17. The Kier molecular flexibility index (Phi) is 8.79. The van der Waals surface area contributed by atoms with Crippen molar-refractivity contribution in [1.29, 1.82) is 0 Å². The monoisotopic (exact) mass is 766 g/mol. The third-order valence-electron chi connectivity index (χ3n) is 11.4. The van der Waals surface area contributed by atoms with E-state index >= 15 is 0 Å². The molecule has 0 atom stereocenters. The standard InChI is InChI=1S/C56H38N4/c1-4-16-39(17-5-1)42-20-14-21-43(38-42)48-26-15-27-51-56(48)58-55(40-18-6-2-7-19-40)54(57-51)41-30-32-45(33-31-41)59(44-22-8-3-9-23-44)46-34-36-47(37-35-46)60-52-28-12-10-24-49(52)50-25-11-13-29-53(50)60/h1-38H. The number of nitrogens with zero attached hydrogens (tertiary/aromatic N) is 4. The number of hydrogen-bond acceptors (Lipinski definition) is 3. The van der Waals surface area contributed by atoms with E-state index in [1.165, 1.54) is 32.9 Å². The Bertz CT molecular complexity index is 3230. The Labute approximate surface area is 348 Å². The molecular formula is C56H38N4. The minimum Gasteiger partial charge on any atom is -0.311 e. The Morgan fingerprint density at radius 1 is 0.333 bits per heavy atom. The van der Waals surface area contributed by atoms with Crippen LogP contribution in [0.2, 0.25) is 0 Å². The molecule has 60 heavy (non-hydrogen) atoms. The highest BCUT2D eigenvalue weighted by atomic mass is 15.1. The van der Waals surface area contributed by atoms with Crippen LogP contribution in [0.5, 0.6) is 0 Å². The maximum absolute atomic E-state index is 5.45. The van der Waals surface area contributed by atoms with Gasteiger partial charge >= 0.3 is 0 Å². The van der Waals surface area contributed by atoms with Crippen molar-refractivity contribution in [1.82, 2.24) is 14.5 Å². The van der Waals surface area contributed by atoms with Gasteiger partial charge in [-0.1, -0.05) is 158 Å². The van der Waals surface area contributed by atoms with Gasteiger partial charge in [0.25, 0.3) is 0 Å². The quantitative estimate of drug-likeness (QED) is 0.154. The normalized spacial score (nSPS) is 11.3. The van der Waals surface area contributed by atoms with Crippen molar-refractivity contribution in [2.24, 2.45) is 0 Å². The van der Waals surface area contributed by atoms with Crippen LogP contribution >= 0.6 is 0 Å². The van der Waals surface area contributed by atoms with E-state index in [1.54, 1.807) is 0 Å². The predicted molar refractivity (Wildman–Crippen MR) is 250 cm³/mol. The summed E-state index contributed by atoms with van der Waals surface area (Å²) < 4.78 is 2.36. The van der Waals surface area contributed by atoms with E-state index in [9.17, 15) is 0 Å². The molecule has 0 aliphatic carbocycles. The van der Waals surface area contributed by atoms with Crippen LogP contribution < -0.4 is 4.90 Å². The van der Waals surface area contributed by atoms with Crippen LogP contribution in [0.3, 0.4) is 0 Å². The molecule has 0 saturated carbocycles. The van der Waals surface area contributed by atoms with Gasteiger partial charge in [-0.05, 0) is 89.5 Å². The van der Waals surface area contributed by atoms with Crippen LogP contribution in [0, 0.1) is 0 Å². The molecule has 0 spiro atoms. The first-order valence-corrected chi connectivity index (χ1v) is 20.3. The fourth-order valence-corrected chi connectivity index (χ4v) is 8.55. The van der Waals surface area contributed by atoms with E-state index in [2.05, 4.69) is 234 Å². The Morgan fingerprint density at radius 3 is 1.48 bits per heavy atom. The van der Waals surface area contributed by atoms with Crippen LogP contribution in [0.1, 0.15) is 0 Å². The maximum atomic E-state index is 5.45. The minimum absolute atomic E-state index is 0.845. The van der Waals surface area contributed by atoms with E-state index in [0.717, 1.165) is 67.4 Å². The zero-order valence-electron chi connectivity index (χ0n) is 32.7. The van der Waals surface area contributed by atoms with Crippen molar-refractivity contribution in [3.05, 3.63) is 231 Å².